The van der Waals surface area contributed by atoms with Crippen molar-refractivity contribution in [2.24, 2.45) is 0 Å². The number of hydrogen-bond donors (Lipinski definition) is 0. The maximum absolute atomic E-state index is 4.58. The summed E-state index contributed by atoms with van der Waals surface area (Å²) >= 11 is 1.88. The molecule has 7 aromatic carbocycles. The van der Waals surface area contributed by atoms with Crippen LogP contribution in [0.5, 0.6) is 0 Å². The Labute approximate surface area is 297 Å². The predicted molar refractivity (Wildman–Crippen MR) is 217 cm³/mol. The topological polar surface area (TPSA) is 22.8 Å². The van der Waals surface area contributed by atoms with Crippen LogP contribution in [-0.4, -0.2) is 14.1 Å². The molecule has 0 fully saturated rings. The molecule has 0 unspecified atom stereocenters. The zero-order valence-corrected chi connectivity index (χ0v) is 28.3. The summed E-state index contributed by atoms with van der Waals surface area (Å²) in [7, 11) is 0. The molecule has 0 bridgehead atoms. The van der Waals surface area contributed by atoms with Crippen molar-refractivity contribution in [3.63, 3.8) is 0 Å². The van der Waals surface area contributed by atoms with E-state index >= 15 is 0 Å². The van der Waals surface area contributed by atoms with Gasteiger partial charge in [-0.1, -0.05) is 103 Å². The van der Waals surface area contributed by atoms with Crippen LogP contribution in [0.2, 0.25) is 0 Å². The van der Waals surface area contributed by atoms with Crippen molar-refractivity contribution < 1.29 is 0 Å². The molecule has 0 aliphatic heterocycles. The second-order valence-electron chi connectivity index (χ2n) is 13.2. The first-order valence-corrected chi connectivity index (χ1v) is 18.1. The van der Waals surface area contributed by atoms with Crippen LogP contribution in [0.25, 0.3) is 97.4 Å². The molecule has 0 saturated heterocycles. The molecule has 4 heterocycles. The van der Waals surface area contributed by atoms with Crippen LogP contribution in [0.4, 0.5) is 0 Å². The quantitative estimate of drug-likeness (QED) is 0.183. The summed E-state index contributed by atoms with van der Waals surface area (Å²) in [6.45, 7) is 0. The summed E-state index contributed by atoms with van der Waals surface area (Å²) in [5, 5.41) is 7.49. The van der Waals surface area contributed by atoms with Crippen LogP contribution < -0.4 is 0 Å². The van der Waals surface area contributed by atoms with Crippen LogP contribution in [0.3, 0.4) is 0 Å². The van der Waals surface area contributed by atoms with E-state index in [9.17, 15) is 0 Å². The lowest BCUT2D eigenvalue weighted by Crippen LogP contribution is -1.96. The number of thiophene rings is 1. The van der Waals surface area contributed by atoms with E-state index in [0.717, 1.165) is 27.8 Å². The molecular formula is C47H29N3S. The van der Waals surface area contributed by atoms with Crippen molar-refractivity contribution in [1.82, 2.24) is 14.1 Å². The molecule has 0 atom stereocenters. The van der Waals surface area contributed by atoms with Gasteiger partial charge < -0.3 is 9.13 Å². The lowest BCUT2D eigenvalue weighted by molar-refractivity contribution is 1.16. The van der Waals surface area contributed by atoms with Gasteiger partial charge in [0.25, 0.3) is 0 Å². The predicted octanol–water partition coefficient (Wildman–Crippen LogP) is 13.0. The Morgan fingerprint density at radius 1 is 0.392 bits per heavy atom. The fourth-order valence-electron chi connectivity index (χ4n) is 8.14. The number of aromatic nitrogens is 3. The molecule has 0 amide bonds. The van der Waals surface area contributed by atoms with Crippen LogP contribution in [0.1, 0.15) is 0 Å². The van der Waals surface area contributed by atoms with Crippen molar-refractivity contribution >= 4 is 75.1 Å². The van der Waals surface area contributed by atoms with Crippen LogP contribution >= 0.6 is 11.3 Å². The molecule has 0 radical (unpaired) electrons. The van der Waals surface area contributed by atoms with E-state index < -0.39 is 0 Å². The third kappa shape index (κ3) is 4.27. The van der Waals surface area contributed by atoms with Crippen molar-refractivity contribution in [1.29, 1.82) is 0 Å². The van der Waals surface area contributed by atoms with E-state index in [1.165, 1.54) is 69.6 Å². The molecule has 0 aliphatic rings. The standard InChI is InChI=1S/C47H29N3S/c1-4-19-42-36(14-1)37-15-2-5-20-43(37)50(42)34-22-23-44-40(28-34)41-29-48-25-24-45(41)49(44)33-13-8-11-31(27-33)30-10-7-12-32(26-30)35-17-9-18-39-38-16-3-6-21-46(38)51-47(35)39/h1-29H. The molecule has 0 N–H and O–H groups in total. The van der Waals surface area contributed by atoms with Crippen LogP contribution in [-0.2, 0) is 0 Å². The number of benzene rings is 7. The highest BCUT2D eigenvalue weighted by Gasteiger charge is 2.17. The van der Waals surface area contributed by atoms with Gasteiger partial charge >= 0.3 is 0 Å². The van der Waals surface area contributed by atoms with Crippen molar-refractivity contribution in [3.05, 3.63) is 176 Å². The monoisotopic (exact) mass is 667 g/mol. The van der Waals surface area contributed by atoms with Gasteiger partial charge in [0.15, 0.2) is 0 Å². The Balaban J connectivity index is 1.06. The van der Waals surface area contributed by atoms with Crippen molar-refractivity contribution in [3.8, 4) is 33.6 Å². The van der Waals surface area contributed by atoms with Gasteiger partial charge in [0.05, 0.1) is 22.1 Å². The van der Waals surface area contributed by atoms with E-state index in [4.69, 9.17) is 0 Å². The Bertz CT molecular complexity index is 3100. The summed E-state index contributed by atoms with van der Waals surface area (Å²) in [4.78, 5) is 4.58. The van der Waals surface area contributed by atoms with Gasteiger partial charge in [0.1, 0.15) is 0 Å². The third-order valence-corrected chi connectivity index (χ3v) is 11.6. The molecule has 11 rings (SSSR count). The molecular weight excluding hydrogens is 639 g/mol. The highest BCUT2D eigenvalue weighted by molar-refractivity contribution is 7.26. The average Bonchev–Trinajstić information content (AvgIpc) is 3.86. The van der Waals surface area contributed by atoms with Gasteiger partial charge in [-0.15, -0.1) is 11.3 Å². The zero-order valence-electron chi connectivity index (χ0n) is 27.5. The summed E-state index contributed by atoms with van der Waals surface area (Å²) in [5.74, 6) is 0. The summed E-state index contributed by atoms with van der Waals surface area (Å²) in [6.07, 6.45) is 3.90. The Hall–Kier alpha value is -6.49. The second-order valence-corrected chi connectivity index (χ2v) is 14.3. The van der Waals surface area contributed by atoms with Crippen molar-refractivity contribution in [2.45, 2.75) is 0 Å². The highest BCUT2D eigenvalue weighted by atomic mass is 32.1. The maximum atomic E-state index is 4.58. The lowest BCUT2D eigenvalue weighted by atomic mass is 9.97. The van der Waals surface area contributed by atoms with E-state index in [0.29, 0.717) is 0 Å². The van der Waals surface area contributed by atoms with E-state index in [2.05, 4.69) is 178 Å². The molecule has 0 aliphatic carbocycles. The normalized spacial score (nSPS) is 11.9. The number of para-hydroxylation sites is 2. The molecule has 51 heavy (non-hydrogen) atoms. The van der Waals surface area contributed by atoms with Crippen molar-refractivity contribution in [2.75, 3.05) is 0 Å². The molecule has 11 aromatic rings. The smallest absolute Gasteiger partial charge is 0.0571 e. The number of pyridine rings is 1. The third-order valence-electron chi connectivity index (χ3n) is 10.4. The first-order valence-electron chi connectivity index (χ1n) is 17.3. The van der Waals surface area contributed by atoms with Gasteiger partial charge in [-0.3, -0.25) is 4.98 Å². The molecule has 238 valence electrons. The first kappa shape index (κ1) is 28.4. The van der Waals surface area contributed by atoms with Crippen LogP contribution in [0.15, 0.2) is 176 Å². The molecule has 3 nitrogen and oxygen atoms in total. The summed E-state index contributed by atoms with van der Waals surface area (Å²) < 4.78 is 7.43. The van der Waals surface area contributed by atoms with E-state index in [-0.39, 0.29) is 0 Å². The number of hydrogen-bond acceptors (Lipinski definition) is 2. The largest absolute Gasteiger partial charge is 0.309 e. The van der Waals surface area contributed by atoms with Gasteiger partial charge in [0, 0.05) is 65.5 Å². The second kappa shape index (κ2) is 11.0. The van der Waals surface area contributed by atoms with Crippen LogP contribution in [0, 0.1) is 0 Å². The molecule has 0 spiro atoms. The Morgan fingerprint density at radius 3 is 1.82 bits per heavy atom. The van der Waals surface area contributed by atoms with E-state index in [1.807, 2.05) is 23.7 Å². The highest BCUT2D eigenvalue weighted by Crippen LogP contribution is 2.41. The number of nitrogens with zero attached hydrogens (tertiary/aromatic N) is 3. The van der Waals surface area contributed by atoms with Gasteiger partial charge in [0.2, 0.25) is 0 Å². The number of rotatable bonds is 4. The average molecular weight is 668 g/mol. The van der Waals surface area contributed by atoms with Gasteiger partial charge in [-0.25, -0.2) is 0 Å². The lowest BCUT2D eigenvalue weighted by Gasteiger charge is -2.12. The summed E-state index contributed by atoms with van der Waals surface area (Å²) in [6, 6.07) is 59.7. The first-order chi connectivity index (χ1) is 25.3. The molecule has 4 aromatic heterocycles. The Kier molecular flexibility index (Phi) is 6.12. The minimum atomic E-state index is 1.13. The van der Waals surface area contributed by atoms with E-state index in [1.54, 1.807) is 0 Å². The zero-order chi connectivity index (χ0) is 33.5. The number of fused-ring (bicyclic) bond motifs is 9. The summed E-state index contributed by atoms with van der Waals surface area (Å²) in [5.41, 5.74) is 11.9. The molecule has 0 saturated carbocycles. The molecule has 4 heteroatoms. The Morgan fingerprint density at radius 2 is 1.00 bits per heavy atom. The fourth-order valence-corrected chi connectivity index (χ4v) is 9.38. The fraction of sp³-hybridized carbons (Fsp3) is 0. The minimum absolute atomic E-state index is 1.13. The van der Waals surface area contributed by atoms with Gasteiger partial charge in [-0.2, -0.15) is 0 Å². The maximum Gasteiger partial charge on any atom is 0.0571 e. The minimum Gasteiger partial charge on any atom is -0.309 e. The van der Waals surface area contributed by atoms with Gasteiger partial charge in [-0.05, 0) is 82.9 Å². The SMILES string of the molecule is c1cc(-c2cccc(-n3c4ccncc4c4cc(-n5c6ccccc6c6ccccc65)ccc43)c2)cc(-c2cccc3c2sc2ccccc23)c1.